The van der Waals surface area contributed by atoms with Crippen molar-refractivity contribution in [3.05, 3.63) is 84.1 Å². The molecule has 0 aliphatic heterocycles. The number of benzene rings is 2. The Morgan fingerprint density at radius 3 is 2.41 bits per heavy atom. The van der Waals surface area contributed by atoms with E-state index in [1.54, 1.807) is 12.1 Å². The normalized spacial score (nSPS) is 10.6. The molecule has 1 aromatic heterocycles. The van der Waals surface area contributed by atoms with Crippen LogP contribution in [0.15, 0.2) is 65.3 Å². The van der Waals surface area contributed by atoms with Crippen LogP contribution in [0.25, 0.3) is 0 Å². The van der Waals surface area contributed by atoms with Crippen LogP contribution in [0.3, 0.4) is 0 Å². The van der Waals surface area contributed by atoms with E-state index in [1.165, 1.54) is 41.5 Å². The summed E-state index contributed by atoms with van der Waals surface area (Å²) < 4.78 is 50.9. The van der Waals surface area contributed by atoms with Crippen LogP contribution in [-0.2, 0) is 11.3 Å². The van der Waals surface area contributed by atoms with E-state index in [2.05, 4.69) is 0 Å². The fourth-order valence-corrected chi connectivity index (χ4v) is 2.49. The highest BCUT2D eigenvalue weighted by atomic mass is 19.1. The van der Waals surface area contributed by atoms with Gasteiger partial charge in [-0.15, -0.1) is 0 Å². The molecule has 0 N–H and O–H groups in total. The molecule has 0 aliphatic rings. The molecule has 0 bridgehead atoms. The Balaban J connectivity index is 1.71. The van der Waals surface area contributed by atoms with E-state index in [9.17, 15) is 18.0 Å². The molecule has 0 saturated heterocycles. The summed E-state index contributed by atoms with van der Waals surface area (Å²) in [5.74, 6) is -1.55. The number of anilines is 1. The number of ether oxygens (including phenoxy) is 1. The van der Waals surface area contributed by atoms with E-state index in [0.717, 1.165) is 6.07 Å². The summed E-state index contributed by atoms with van der Waals surface area (Å²) >= 11 is 0. The average Bonchev–Trinajstić information content (AvgIpc) is 3.15. The maximum atomic E-state index is 14.2. The van der Waals surface area contributed by atoms with E-state index in [-0.39, 0.29) is 25.3 Å². The Hall–Kier alpha value is -3.22. The van der Waals surface area contributed by atoms with E-state index in [4.69, 9.17) is 9.15 Å². The van der Waals surface area contributed by atoms with Crippen molar-refractivity contribution in [3.8, 4) is 5.75 Å². The van der Waals surface area contributed by atoms with Crippen LogP contribution in [0.1, 0.15) is 12.2 Å². The summed E-state index contributed by atoms with van der Waals surface area (Å²) in [4.78, 5) is 13.8. The van der Waals surface area contributed by atoms with Gasteiger partial charge >= 0.3 is 0 Å². The van der Waals surface area contributed by atoms with Gasteiger partial charge in [0.05, 0.1) is 31.5 Å². The molecule has 7 heteroatoms. The minimum absolute atomic E-state index is 0.00899. The summed E-state index contributed by atoms with van der Waals surface area (Å²) in [5.41, 5.74) is -0.0559. The minimum atomic E-state index is -0.852. The molecular weight excluding hydrogens is 359 g/mol. The molecule has 0 unspecified atom stereocenters. The van der Waals surface area contributed by atoms with E-state index >= 15 is 0 Å². The van der Waals surface area contributed by atoms with Crippen LogP contribution in [-0.4, -0.2) is 12.5 Å². The Morgan fingerprint density at radius 1 is 1.00 bits per heavy atom. The smallest absolute Gasteiger partial charge is 0.230 e. The summed E-state index contributed by atoms with van der Waals surface area (Å²) in [6.07, 6.45) is 1.38. The first kappa shape index (κ1) is 18.6. The molecule has 0 radical (unpaired) electrons. The molecule has 2 aromatic carbocycles. The number of furan rings is 1. The molecule has 0 atom stereocenters. The first-order valence-corrected chi connectivity index (χ1v) is 8.19. The molecule has 0 saturated carbocycles. The number of carbonyl (C=O) groups excluding carboxylic acids is 1. The van der Waals surface area contributed by atoms with Crippen molar-refractivity contribution in [2.75, 3.05) is 11.5 Å². The van der Waals surface area contributed by atoms with Gasteiger partial charge in [0.1, 0.15) is 29.0 Å². The lowest BCUT2D eigenvalue weighted by molar-refractivity contribution is -0.119. The van der Waals surface area contributed by atoms with Crippen molar-refractivity contribution in [2.45, 2.75) is 13.0 Å². The van der Waals surface area contributed by atoms with E-state index in [0.29, 0.717) is 17.6 Å². The standard InChI is InChI=1S/C20H16F3NO3/c21-14-3-6-16(7-4-14)27-11-9-20(25)24(13-17-2-1-10-26-17)19-8-5-15(22)12-18(19)23/h1-8,10,12H,9,11,13H2. The van der Waals surface area contributed by atoms with Crippen molar-refractivity contribution >= 4 is 11.6 Å². The molecule has 0 aliphatic carbocycles. The SMILES string of the molecule is O=C(CCOc1ccc(F)cc1)N(Cc1ccco1)c1ccc(F)cc1F. The molecule has 3 aromatic rings. The van der Waals surface area contributed by atoms with Gasteiger partial charge < -0.3 is 14.1 Å². The second kappa shape index (κ2) is 8.44. The van der Waals surface area contributed by atoms with Crippen LogP contribution in [0.5, 0.6) is 5.75 Å². The fourth-order valence-electron chi connectivity index (χ4n) is 2.49. The highest BCUT2D eigenvalue weighted by molar-refractivity contribution is 5.93. The Morgan fingerprint density at radius 2 is 1.74 bits per heavy atom. The first-order chi connectivity index (χ1) is 13.0. The van der Waals surface area contributed by atoms with Crippen molar-refractivity contribution < 1.29 is 27.1 Å². The van der Waals surface area contributed by atoms with Crippen LogP contribution in [0.4, 0.5) is 18.9 Å². The van der Waals surface area contributed by atoms with Gasteiger partial charge in [0.2, 0.25) is 5.91 Å². The summed E-state index contributed by atoms with van der Waals surface area (Å²) in [6.45, 7) is 0.00681. The monoisotopic (exact) mass is 375 g/mol. The number of carbonyl (C=O) groups is 1. The molecule has 140 valence electrons. The van der Waals surface area contributed by atoms with E-state index in [1.807, 2.05) is 0 Å². The van der Waals surface area contributed by atoms with Crippen LogP contribution < -0.4 is 9.64 Å². The van der Waals surface area contributed by atoms with Gasteiger partial charge in [0.15, 0.2) is 0 Å². The van der Waals surface area contributed by atoms with Crippen molar-refractivity contribution in [1.82, 2.24) is 0 Å². The molecule has 3 rings (SSSR count). The third-order valence-electron chi connectivity index (χ3n) is 3.79. The molecule has 4 nitrogen and oxygen atoms in total. The lowest BCUT2D eigenvalue weighted by atomic mass is 10.2. The number of rotatable bonds is 7. The van der Waals surface area contributed by atoms with Crippen LogP contribution in [0, 0.1) is 17.5 Å². The zero-order valence-electron chi connectivity index (χ0n) is 14.2. The highest BCUT2D eigenvalue weighted by Crippen LogP contribution is 2.23. The second-order valence-electron chi connectivity index (χ2n) is 5.71. The fraction of sp³-hybridized carbons (Fsp3) is 0.150. The molecular formula is C20H16F3NO3. The maximum absolute atomic E-state index is 14.2. The molecule has 0 spiro atoms. The predicted octanol–water partition coefficient (Wildman–Crippen LogP) is 4.70. The number of nitrogens with zero attached hydrogens (tertiary/aromatic N) is 1. The van der Waals surface area contributed by atoms with Crippen molar-refractivity contribution in [1.29, 1.82) is 0 Å². The van der Waals surface area contributed by atoms with Gasteiger partial charge in [-0.2, -0.15) is 0 Å². The highest BCUT2D eigenvalue weighted by Gasteiger charge is 2.21. The Bertz CT molecular complexity index is 895. The van der Waals surface area contributed by atoms with Crippen molar-refractivity contribution in [2.24, 2.45) is 0 Å². The van der Waals surface area contributed by atoms with E-state index < -0.39 is 23.4 Å². The predicted molar refractivity (Wildman–Crippen MR) is 92.8 cm³/mol. The summed E-state index contributed by atoms with van der Waals surface area (Å²) in [7, 11) is 0. The Labute approximate surface area is 153 Å². The quantitative estimate of drug-likeness (QED) is 0.601. The molecule has 1 heterocycles. The minimum Gasteiger partial charge on any atom is -0.493 e. The number of halogens is 3. The van der Waals surface area contributed by atoms with Crippen LogP contribution in [0.2, 0.25) is 0 Å². The topological polar surface area (TPSA) is 42.7 Å². The lowest BCUT2D eigenvalue weighted by Gasteiger charge is -2.22. The van der Waals surface area contributed by atoms with Crippen molar-refractivity contribution in [3.63, 3.8) is 0 Å². The number of hydrogen-bond donors (Lipinski definition) is 0. The first-order valence-electron chi connectivity index (χ1n) is 8.19. The zero-order chi connectivity index (χ0) is 19.2. The van der Waals surface area contributed by atoms with Gasteiger partial charge in [-0.25, -0.2) is 13.2 Å². The summed E-state index contributed by atoms with van der Waals surface area (Å²) in [6, 6.07) is 11.7. The van der Waals surface area contributed by atoms with Gasteiger partial charge in [0, 0.05) is 6.07 Å². The summed E-state index contributed by atoms with van der Waals surface area (Å²) in [5, 5.41) is 0. The average molecular weight is 375 g/mol. The molecule has 0 fully saturated rings. The van der Waals surface area contributed by atoms with Crippen LogP contribution >= 0.6 is 0 Å². The molecule has 27 heavy (non-hydrogen) atoms. The van der Waals surface area contributed by atoms with Gasteiger partial charge in [0.25, 0.3) is 0 Å². The number of hydrogen-bond acceptors (Lipinski definition) is 3. The zero-order valence-corrected chi connectivity index (χ0v) is 14.2. The third-order valence-corrected chi connectivity index (χ3v) is 3.79. The van der Waals surface area contributed by atoms with Gasteiger partial charge in [-0.05, 0) is 48.5 Å². The lowest BCUT2D eigenvalue weighted by Crippen LogP contribution is -2.32. The maximum Gasteiger partial charge on any atom is 0.230 e. The largest absolute Gasteiger partial charge is 0.493 e. The van der Waals surface area contributed by atoms with Gasteiger partial charge in [-0.1, -0.05) is 0 Å². The molecule has 1 amide bonds. The second-order valence-corrected chi connectivity index (χ2v) is 5.71. The Kier molecular flexibility index (Phi) is 5.80. The third kappa shape index (κ3) is 4.91. The van der Waals surface area contributed by atoms with Gasteiger partial charge in [-0.3, -0.25) is 4.79 Å². The number of amides is 1.